The van der Waals surface area contributed by atoms with E-state index >= 15 is 0 Å². The molecule has 1 heterocycles. The first kappa shape index (κ1) is 8.52. The largest absolute Gasteiger partial charge is 0.270 e. The van der Waals surface area contributed by atoms with E-state index in [9.17, 15) is 0 Å². The fraction of sp³-hybridized carbons (Fsp3) is 0.500. The van der Waals surface area contributed by atoms with Crippen molar-refractivity contribution in [3.63, 3.8) is 0 Å². The van der Waals surface area contributed by atoms with Gasteiger partial charge in [-0.25, -0.2) is 0 Å². The van der Waals surface area contributed by atoms with Gasteiger partial charge in [-0.2, -0.15) is 5.10 Å². The van der Waals surface area contributed by atoms with Crippen molar-refractivity contribution in [1.82, 2.24) is 10.2 Å². The number of aromatic nitrogens is 2. The molecule has 0 aliphatic heterocycles. The molecule has 2 nitrogen and oxygen atoms in total. The molecule has 0 aliphatic rings. The summed E-state index contributed by atoms with van der Waals surface area (Å²) in [6, 6.07) is 0. The van der Waals surface area contributed by atoms with Crippen LogP contribution in [0.15, 0.2) is 4.60 Å². The van der Waals surface area contributed by atoms with Crippen LogP contribution in [0.5, 0.6) is 0 Å². The maximum Gasteiger partial charge on any atom is 0.127 e. The molecule has 0 aliphatic carbocycles. The van der Waals surface area contributed by atoms with Crippen LogP contribution in [0.2, 0.25) is 0 Å². The molecule has 56 valence electrons. The third-order valence-electron chi connectivity index (χ3n) is 1.29. The topological polar surface area (TPSA) is 28.7 Å². The minimum Gasteiger partial charge on any atom is -0.270 e. The Morgan fingerprint density at radius 3 is 2.40 bits per heavy atom. The molecule has 4 heteroatoms. The smallest absolute Gasteiger partial charge is 0.127 e. The summed E-state index contributed by atoms with van der Waals surface area (Å²) in [5.74, 6) is 0.528. The Morgan fingerprint density at radius 2 is 2.20 bits per heavy atom. The van der Waals surface area contributed by atoms with Crippen LogP contribution in [0.1, 0.15) is 25.3 Å². The van der Waals surface area contributed by atoms with E-state index < -0.39 is 0 Å². The van der Waals surface area contributed by atoms with Crippen LogP contribution in [0.25, 0.3) is 0 Å². The van der Waals surface area contributed by atoms with Crippen molar-refractivity contribution in [1.29, 1.82) is 0 Å². The van der Waals surface area contributed by atoms with Crippen LogP contribution >= 0.6 is 38.5 Å². The molecule has 0 unspecified atom stereocenters. The Labute approximate surface area is 82.1 Å². The van der Waals surface area contributed by atoms with Gasteiger partial charge in [-0.15, -0.1) is 0 Å². The fourth-order valence-electron chi connectivity index (χ4n) is 0.801. The molecule has 1 aromatic heterocycles. The van der Waals surface area contributed by atoms with Gasteiger partial charge in [-0.3, -0.25) is 5.10 Å². The lowest BCUT2D eigenvalue weighted by atomic mass is 10.1. The summed E-state index contributed by atoms with van der Waals surface area (Å²) < 4.78 is 2.06. The summed E-state index contributed by atoms with van der Waals surface area (Å²) in [6.45, 7) is 4.30. The van der Waals surface area contributed by atoms with Crippen LogP contribution in [0.3, 0.4) is 0 Å². The van der Waals surface area contributed by atoms with Gasteiger partial charge in [0.25, 0.3) is 0 Å². The molecule has 0 fully saturated rings. The van der Waals surface area contributed by atoms with E-state index in [0.29, 0.717) is 5.92 Å². The zero-order chi connectivity index (χ0) is 7.72. The first-order valence-corrected chi connectivity index (χ1v) is 4.89. The minimum atomic E-state index is 0.528. The maximum atomic E-state index is 4.05. The number of halogens is 2. The van der Waals surface area contributed by atoms with Gasteiger partial charge in [0.15, 0.2) is 0 Å². The Hall–Kier alpha value is 0.420. The second-order valence-electron chi connectivity index (χ2n) is 2.40. The van der Waals surface area contributed by atoms with E-state index in [4.69, 9.17) is 0 Å². The Morgan fingerprint density at radius 1 is 1.60 bits per heavy atom. The molecule has 0 amide bonds. The van der Waals surface area contributed by atoms with Crippen molar-refractivity contribution < 1.29 is 0 Å². The number of rotatable bonds is 1. The van der Waals surface area contributed by atoms with Gasteiger partial charge >= 0.3 is 0 Å². The van der Waals surface area contributed by atoms with Gasteiger partial charge in [0.1, 0.15) is 8.30 Å². The third-order valence-corrected chi connectivity index (χ3v) is 2.72. The molecule has 1 aromatic rings. The van der Waals surface area contributed by atoms with Crippen molar-refractivity contribution in [3.05, 3.63) is 13.9 Å². The highest BCUT2D eigenvalue weighted by Gasteiger charge is 2.11. The molecule has 0 aromatic carbocycles. The molecule has 0 saturated heterocycles. The number of H-pyrrole nitrogens is 1. The van der Waals surface area contributed by atoms with Crippen molar-refractivity contribution in [2.24, 2.45) is 0 Å². The summed E-state index contributed by atoms with van der Waals surface area (Å²) in [6.07, 6.45) is 0. The van der Waals surface area contributed by atoms with Crippen molar-refractivity contribution >= 4 is 38.5 Å². The summed E-state index contributed by atoms with van der Waals surface area (Å²) in [5, 5.41) is 6.93. The molecule has 0 spiro atoms. The lowest BCUT2D eigenvalue weighted by Crippen LogP contribution is -1.87. The summed E-state index contributed by atoms with van der Waals surface area (Å²) in [5.41, 5.74) is 1.26. The SMILES string of the molecule is CC(C)c1c(I)n[nH]c1Br. The number of nitrogens with one attached hydrogen (secondary N) is 1. The number of hydrogen-bond donors (Lipinski definition) is 1. The standard InChI is InChI=1S/C6H8BrIN2/c1-3(2)4-5(7)9-10-6(4)8/h3H,1-2H3,(H,9,10). The van der Waals surface area contributed by atoms with Gasteiger partial charge in [0, 0.05) is 5.56 Å². The van der Waals surface area contributed by atoms with E-state index in [1.807, 2.05) is 0 Å². The molecule has 0 radical (unpaired) electrons. The van der Waals surface area contributed by atoms with E-state index in [2.05, 4.69) is 62.6 Å². The van der Waals surface area contributed by atoms with E-state index in [-0.39, 0.29) is 0 Å². The van der Waals surface area contributed by atoms with Gasteiger partial charge in [-0.05, 0) is 44.4 Å². The highest BCUT2D eigenvalue weighted by Crippen LogP contribution is 2.26. The predicted octanol–water partition coefficient (Wildman–Crippen LogP) is 2.90. The van der Waals surface area contributed by atoms with Gasteiger partial charge in [0.2, 0.25) is 0 Å². The first-order chi connectivity index (χ1) is 4.63. The highest BCUT2D eigenvalue weighted by atomic mass is 127. The van der Waals surface area contributed by atoms with Crippen LogP contribution < -0.4 is 0 Å². The summed E-state index contributed by atoms with van der Waals surface area (Å²) in [4.78, 5) is 0. The lowest BCUT2D eigenvalue weighted by Gasteiger charge is -2.00. The fourth-order valence-corrected chi connectivity index (χ4v) is 2.92. The van der Waals surface area contributed by atoms with E-state index in [0.717, 1.165) is 8.30 Å². The Bertz CT molecular complexity index is 212. The number of nitrogens with zero attached hydrogens (tertiary/aromatic N) is 1. The molecule has 0 atom stereocenters. The van der Waals surface area contributed by atoms with Gasteiger partial charge in [-0.1, -0.05) is 13.8 Å². The molecule has 10 heavy (non-hydrogen) atoms. The van der Waals surface area contributed by atoms with Crippen molar-refractivity contribution in [3.8, 4) is 0 Å². The Balaban J connectivity index is 3.10. The lowest BCUT2D eigenvalue weighted by molar-refractivity contribution is 0.856. The van der Waals surface area contributed by atoms with Crippen molar-refractivity contribution in [2.45, 2.75) is 19.8 Å². The minimum absolute atomic E-state index is 0.528. The number of aromatic amines is 1. The molecular weight excluding hydrogens is 307 g/mol. The van der Waals surface area contributed by atoms with Crippen LogP contribution in [0, 0.1) is 3.70 Å². The van der Waals surface area contributed by atoms with Crippen LogP contribution in [0.4, 0.5) is 0 Å². The molecule has 0 saturated carbocycles. The zero-order valence-electron chi connectivity index (χ0n) is 5.78. The van der Waals surface area contributed by atoms with Gasteiger partial charge < -0.3 is 0 Å². The molecular formula is C6H8BrIN2. The van der Waals surface area contributed by atoms with E-state index in [1.165, 1.54) is 5.56 Å². The first-order valence-electron chi connectivity index (χ1n) is 3.02. The third kappa shape index (κ3) is 1.53. The van der Waals surface area contributed by atoms with Gasteiger partial charge in [0.05, 0.1) is 0 Å². The van der Waals surface area contributed by atoms with Crippen molar-refractivity contribution in [2.75, 3.05) is 0 Å². The zero-order valence-corrected chi connectivity index (χ0v) is 9.52. The van der Waals surface area contributed by atoms with Crippen LogP contribution in [-0.2, 0) is 0 Å². The normalized spacial score (nSPS) is 10.9. The summed E-state index contributed by atoms with van der Waals surface area (Å²) in [7, 11) is 0. The van der Waals surface area contributed by atoms with Crippen LogP contribution in [-0.4, -0.2) is 10.2 Å². The quantitative estimate of drug-likeness (QED) is 0.793. The highest BCUT2D eigenvalue weighted by molar-refractivity contribution is 14.1. The molecule has 0 bridgehead atoms. The Kier molecular flexibility index (Phi) is 2.74. The maximum absolute atomic E-state index is 4.05. The van der Waals surface area contributed by atoms with E-state index in [1.54, 1.807) is 0 Å². The second-order valence-corrected chi connectivity index (χ2v) is 4.21. The summed E-state index contributed by atoms with van der Waals surface area (Å²) >= 11 is 5.62. The average molecular weight is 315 g/mol. The monoisotopic (exact) mass is 314 g/mol. The molecule has 1 rings (SSSR count). The second kappa shape index (κ2) is 3.21. The average Bonchev–Trinajstić information content (AvgIpc) is 2.11. The number of hydrogen-bond acceptors (Lipinski definition) is 1. The predicted molar refractivity (Wildman–Crippen MR) is 53.1 cm³/mol. The molecule has 1 N–H and O–H groups in total.